The van der Waals surface area contributed by atoms with E-state index in [1.165, 1.54) is 4.31 Å². The maximum absolute atomic E-state index is 12.3. The van der Waals surface area contributed by atoms with Gasteiger partial charge >= 0.3 is 0 Å². The van der Waals surface area contributed by atoms with Crippen LogP contribution in [-0.4, -0.2) is 43.5 Å². The summed E-state index contributed by atoms with van der Waals surface area (Å²) in [6.07, 6.45) is 2.68. The zero-order chi connectivity index (χ0) is 16.0. The first kappa shape index (κ1) is 17.0. The van der Waals surface area contributed by atoms with E-state index >= 15 is 0 Å². The smallest absolute Gasteiger partial charge is 0.238 e. The molecule has 1 aliphatic rings. The fourth-order valence-electron chi connectivity index (χ4n) is 2.80. The molecular weight excluding hydrogens is 300 g/mol. The SMILES string of the molecule is CCCS(=O)(=O)N1CCCC1C(=O)NCCc1ccccc1. The Bertz CT molecular complexity index is 587. The van der Waals surface area contributed by atoms with Crippen LogP contribution in [0.25, 0.3) is 0 Å². The average Bonchev–Trinajstić information content (AvgIpc) is 2.98. The molecule has 0 saturated carbocycles. The molecule has 1 atom stereocenters. The summed E-state index contributed by atoms with van der Waals surface area (Å²) in [7, 11) is -3.31. The Kier molecular flexibility index (Phi) is 5.97. The van der Waals surface area contributed by atoms with E-state index in [9.17, 15) is 13.2 Å². The monoisotopic (exact) mass is 324 g/mol. The molecule has 1 amide bonds. The van der Waals surface area contributed by atoms with Crippen molar-refractivity contribution in [2.75, 3.05) is 18.8 Å². The lowest BCUT2D eigenvalue weighted by molar-refractivity contribution is -0.124. The molecule has 22 heavy (non-hydrogen) atoms. The molecule has 6 heteroatoms. The second kappa shape index (κ2) is 7.74. The van der Waals surface area contributed by atoms with Gasteiger partial charge in [-0.2, -0.15) is 4.31 Å². The third-order valence-electron chi connectivity index (χ3n) is 3.88. The van der Waals surface area contributed by atoms with Crippen molar-refractivity contribution in [3.63, 3.8) is 0 Å². The second-order valence-corrected chi connectivity index (χ2v) is 7.65. The molecule has 1 N–H and O–H groups in total. The Hall–Kier alpha value is -1.40. The third kappa shape index (κ3) is 4.30. The number of carbonyl (C=O) groups is 1. The van der Waals surface area contributed by atoms with Crippen LogP contribution in [0, 0.1) is 0 Å². The van der Waals surface area contributed by atoms with Gasteiger partial charge in [0.2, 0.25) is 15.9 Å². The first-order valence-electron chi connectivity index (χ1n) is 7.85. The van der Waals surface area contributed by atoms with Gasteiger partial charge in [0.05, 0.1) is 5.75 Å². The van der Waals surface area contributed by atoms with Gasteiger partial charge < -0.3 is 5.32 Å². The van der Waals surface area contributed by atoms with Gasteiger partial charge in [0.25, 0.3) is 0 Å². The fourth-order valence-corrected chi connectivity index (χ4v) is 4.55. The quantitative estimate of drug-likeness (QED) is 0.827. The van der Waals surface area contributed by atoms with Gasteiger partial charge in [-0.1, -0.05) is 37.3 Å². The van der Waals surface area contributed by atoms with Gasteiger partial charge in [0.15, 0.2) is 0 Å². The average molecular weight is 324 g/mol. The summed E-state index contributed by atoms with van der Waals surface area (Å²) in [6, 6.07) is 9.38. The predicted octanol–water partition coefficient (Wildman–Crippen LogP) is 1.55. The first-order valence-corrected chi connectivity index (χ1v) is 9.46. The van der Waals surface area contributed by atoms with Crippen molar-refractivity contribution >= 4 is 15.9 Å². The molecule has 0 aliphatic carbocycles. The molecule has 1 aromatic rings. The van der Waals surface area contributed by atoms with Crippen LogP contribution in [-0.2, 0) is 21.2 Å². The lowest BCUT2D eigenvalue weighted by Crippen LogP contribution is -2.46. The van der Waals surface area contributed by atoms with Crippen LogP contribution >= 0.6 is 0 Å². The van der Waals surface area contributed by atoms with E-state index in [1.807, 2.05) is 37.3 Å². The Morgan fingerprint density at radius 2 is 2.05 bits per heavy atom. The lowest BCUT2D eigenvalue weighted by Gasteiger charge is -2.23. The van der Waals surface area contributed by atoms with E-state index in [4.69, 9.17) is 0 Å². The number of sulfonamides is 1. The Labute approximate surface area is 132 Å². The molecule has 1 heterocycles. The molecule has 2 rings (SSSR count). The molecule has 1 unspecified atom stereocenters. The molecule has 0 spiro atoms. The van der Waals surface area contributed by atoms with Crippen LogP contribution in [0.15, 0.2) is 30.3 Å². The topological polar surface area (TPSA) is 66.5 Å². The minimum Gasteiger partial charge on any atom is -0.354 e. The van der Waals surface area contributed by atoms with Crippen LogP contribution in [0.4, 0.5) is 0 Å². The zero-order valence-corrected chi connectivity index (χ0v) is 13.8. The number of nitrogens with one attached hydrogen (secondary N) is 1. The largest absolute Gasteiger partial charge is 0.354 e. The van der Waals surface area contributed by atoms with Gasteiger partial charge in [-0.05, 0) is 31.2 Å². The van der Waals surface area contributed by atoms with Crippen molar-refractivity contribution in [1.82, 2.24) is 9.62 Å². The highest BCUT2D eigenvalue weighted by Gasteiger charge is 2.37. The van der Waals surface area contributed by atoms with Crippen molar-refractivity contribution in [1.29, 1.82) is 0 Å². The van der Waals surface area contributed by atoms with Crippen molar-refractivity contribution < 1.29 is 13.2 Å². The fraction of sp³-hybridized carbons (Fsp3) is 0.562. The highest BCUT2D eigenvalue weighted by atomic mass is 32.2. The van der Waals surface area contributed by atoms with E-state index in [-0.39, 0.29) is 11.7 Å². The van der Waals surface area contributed by atoms with Crippen LogP contribution < -0.4 is 5.32 Å². The molecule has 1 aromatic carbocycles. The van der Waals surface area contributed by atoms with E-state index < -0.39 is 16.1 Å². The second-order valence-electron chi connectivity index (χ2n) is 5.61. The highest BCUT2D eigenvalue weighted by molar-refractivity contribution is 7.89. The van der Waals surface area contributed by atoms with Crippen molar-refractivity contribution in [3.05, 3.63) is 35.9 Å². The molecule has 0 radical (unpaired) electrons. The van der Waals surface area contributed by atoms with Crippen LogP contribution in [0.1, 0.15) is 31.7 Å². The van der Waals surface area contributed by atoms with E-state index in [0.717, 1.165) is 18.4 Å². The maximum atomic E-state index is 12.3. The van der Waals surface area contributed by atoms with Crippen LogP contribution in [0.2, 0.25) is 0 Å². The molecule has 122 valence electrons. The van der Waals surface area contributed by atoms with Gasteiger partial charge in [0.1, 0.15) is 6.04 Å². The zero-order valence-electron chi connectivity index (χ0n) is 13.0. The molecule has 1 fully saturated rings. The number of hydrogen-bond acceptors (Lipinski definition) is 3. The summed E-state index contributed by atoms with van der Waals surface area (Å²) < 4.78 is 25.8. The number of carbonyl (C=O) groups excluding carboxylic acids is 1. The minimum atomic E-state index is -3.31. The van der Waals surface area contributed by atoms with E-state index in [1.54, 1.807) is 0 Å². The van der Waals surface area contributed by atoms with Gasteiger partial charge in [-0.3, -0.25) is 4.79 Å². The Morgan fingerprint density at radius 3 is 2.73 bits per heavy atom. The maximum Gasteiger partial charge on any atom is 0.238 e. The first-order chi connectivity index (χ1) is 10.5. The summed E-state index contributed by atoms with van der Waals surface area (Å²) >= 11 is 0. The van der Waals surface area contributed by atoms with Crippen LogP contribution in [0.5, 0.6) is 0 Å². The van der Waals surface area contributed by atoms with E-state index in [2.05, 4.69) is 5.32 Å². The standard InChI is InChI=1S/C16H24N2O3S/c1-2-13-22(20,21)18-12-6-9-15(18)16(19)17-11-10-14-7-4-3-5-8-14/h3-5,7-8,15H,2,6,9-13H2,1H3,(H,17,19). The molecule has 0 aromatic heterocycles. The summed E-state index contributed by atoms with van der Waals surface area (Å²) in [5.41, 5.74) is 1.16. The molecule has 1 aliphatic heterocycles. The number of amides is 1. The third-order valence-corrected chi connectivity index (χ3v) is 5.96. The van der Waals surface area contributed by atoms with Crippen LogP contribution in [0.3, 0.4) is 0 Å². The minimum absolute atomic E-state index is 0.112. The molecule has 1 saturated heterocycles. The number of hydrogen-bond donors (Lipinski definition) is 1. The molecular formula is C16H24N2O3S. The summed E-state index contributed by atoms with van der Waals surface area (Å²) in [5, 5.41) is 2.87. The molecule has 0 bridgehead atoms. The summed E-state index contributed by atoms with van der Waals surface area (Å²) in [6.45, 7) is 2.82. The van der Waals surface area contributed by atoms with Gasteiger partial charge in [0, 0.05) is 13.1 Å². The normalized spacial score (nSPS) is 19.2. The summed E-state index contributed by atoms with van der Waals surface area (Å²) in [5.74, 6) is -0.0611. The molecule has 5 nitrogen and oxygen atoms in total. The number of nitrogens with zero attached hydrogens (tertiary/aromatic N) is 1. The van der Waals surface area contributed by atoms with Crippen molar-refractivity contribution in [2.24, 2.45) is 0 Å². The number of rotatable bonds is 7. The highest BCUT2D eigenvalue weighted by Crippen LogP contribution is 2.22. The Morgan fingerprint density at radius 1 is 1.32 bits per heavy atom. The Balaban J connectivity index is 1.88. The predicted molar refractivity (Wildman–Crippen MR) is 87.0 cm³/mol. The summed E-state index contributed by atoms with van der Waals surface area (Å²) in [4.78, 5) is 12.3. The van der Waals surface area contributed by atoms with Crippen molar-refractivity contribution in [3.8, 4) is 0 Å². The van der Waals surface area contributed by atoms with Crippen molar-refractivity contribution in [2.45, 2.75) is 38.6 Å². The van der Waals surface area contributed by atoms with Gasteiger partial charge in [-0.25, -0.2) is 8.42 Å². The van der Waals surface area contributed by atoms with E-state index in [0.29, 0.717) is 25.9 Å². The lowest BCUT2D eigenvalue weighted by atomic mass is 10.1. The van der Waals surface area contributed by atoms with Gasteiger partial charge in [-0.15, -0.1) is 0 Å². The number of benzene rings is 1.